The summed E-state index contributed by atoms with van der Waals surface area (Å²) in [5.74, 6) is 0.240. The van der Waals surface area contributed by atoms with Crippen LogP contribution in [0.25, 0.3) is 0 Å². The summed E-state index contributed by atoms with van der Waals surface area (Å²) < 4.78 is 11.6. The van der Waals surface area contributed by atoms with Gasteiger partial charge in [0.2, 0.25) is 5.91 Å². The number of benzene rings is 2. The number of amides is 2. The number of fused-ring (bicyclic) bond motifs is 2. The van der Waals surface area contributed by atoms with Crippen molar-refractivity contribution in [3.05, 3.63) is 84.1 Å². The van der Waals surface area contributed by atoms with E-state index in [0.717, 1.165) is 4.90 Å². The number of aromatic nitrogens is 1. The number of imide groups is 1. The number of rotatable bonds is 4. The summed E-state index contributed by atoms with van der Waals surface area (Å²) in [6.45, 7) is 0.708. The van der Waals surface area contributed by atoms with Crippen molar-refractivity contribution >= 4 is 23.8 Å². The van der Waals surface area contributed by atoms with Crippen LogP contribution in [0.5, 0.6) is 11.5 Å². The third kappa shape index (κ3) is 3.54. The quantitative estimate of drug-likeness (QED) is 0.484. The maximum atomic E-state index is 13.3. The minimum atomic E-state index is -0.687. The second-order valence-electron chi connectivity index (χ2n) is 7.24. The standard InChI is InChI=1S/C24H19N3O4/c28-23-18-8-2-1-7-17(18)19(24(29)27(23)22-11-5-6-12-26-22)14-25-13-16-15-30-20-9-3-4-10-21(20)31-16/h1-12,14,16,19H,13,15H2/t16-,19+/m1/s1. The molecule has 0 unspecified atom stereocenters. The Morgan fingerprint density at radius 3 is 2.61 bits per heavy atom. The van der Waals surface area contributed by atoms with Gasteiger partial charge < -0.3 is 9.47 Å². The number of para-hydroxylation sites is 2. The molecule has 2 amide bonds. The molecule has 7 heteroatoms. The van der Waals surface area contributed by atoms with E-state index in [1.54, 1.807) is 48.8 Å². The predicted octanol–water partition coefficient (Wildman–Crippen LogP) is 3.26. The number of ether oxygens (including phenoxy) is 2. The maximum Gasteiger partial charge on any atom is 0.266 e. The zero-order chi connectivity index (χ0) is 21.2. The fraction of sp³-hybridized carbons (Fsp3) is 0.167. The SMILES string of the molecule is O=C1c2ccccc2[C@H](C=NC[C@@H]2COc3ccccc3O2)C(=O)N1c1ccccn1. The van der Waals surface area contributed by atoms with Crippen LogP contribution in [0.1, 0.15) is 21.8 Å². The van der Waals surface area contributed by atoms with Crippen molar-refractivity contribution in [3.8, 4) is 11.5 Å². The van der Waals surface area contributed by atoms with Crippen LogP contribution in [0.4, 0.5) is 5.82 Å². The van der Waals surface area contributed by atoms with Crippen LogP contribution in [-0.2, 0) is 4.79 Å². The number of anilines is 1. The lowest BCUT2D eigenvalue weighted by atomic mass is 9.89. The number of carbonyl (C=O) groups excluding carboxylic acids is 2. The van der Waals surface area contributed by atoms with E-state index in [2.05, 4.69) is 9.98 Å². The van der Waals surface area contributed by atoms with E-state index < -0.39 is 5.92 Å². The van der Waals surface area contributed by atoms with Crippen molar-refractivity contribution in [2.24, 2.45) is 4.99 Å². The molecule has 5 rings (SSSR count). The van der Waals surface area contributed by atoms with Gasteiger partial charge in [-0.3, -0.25) is 14.6 Å². The van der Waals surface area contributed by atoms with Crippen molar-refractivity contribution in [2.75, 3.05) is 18.1 Å². The molecule has 2 atom stereocenters. The lowest BCUT2D eigenvalue weighted by molar-refractivity contribution is -0.118. The van der Waals surface area contributed by atoms with E-state index >= 15 is 0 Å². The minimum absolute atomic E-state index is 0.256. The Morgan fingerprint density at radius 2 is 1.77 bits per heavy atom. The van der Waals surface area contributed by atoms with Gasteiger partial charge in [-0.1, -0.05) is 36.4 Å². The van der Waals surface area contributed by atoms with Crippen LogP contribution >= 0.6 is 0 Å². The van der Waals surface area contributed by atoms with E-state index in [9.17, 15) is 9.59 Å². The fourth-order valence-electron chi connectivity index (χ4n) is 3.74. The molecule has 0 bridgehead atoms. The van der Waals surface area contributed by atoms with Gasteiger partial charge in [-0.15, -0.1) is 0 Å². The second-order valence-corrected chi connectivity index (χ2v) is 7.24. The predicted molar refractivity (Wildman–Crippen MR) is 115 cm³/mol. The van der Waals surface area contributed by atoms with Gasteiger partial charge in [-0.05, 0) is 35.9 Å². The monoisotopic (exact) mass is 413 g/mol. The lowest BCUT2D eigenvalue weighted by Crippen LogP contribution is -2.46. The highest BCUT2D eigenvalue weighted by Gasteiger charge is 2.39. The molecule has 0 N–H and O–H groups in total. The number of hydrogen-bond acceptors (Lipinski definition) is 6. The van der Waals surface area contributed by atoms with Gasteiger partial charge in [-0.25, -0.2) is 9.88 Å². The molecule has 0 fully saturated rings. The van der Waals surface area contributed by atoms with Crippen molar-refractivity contribution in [1.82, 2.24) is 4.98 Å². The molecule has 3 aromatic rings. The summed E-state index contributed by atoms with van der Waals surface area (Å²) in [6, 6.07) is 19.7. The van der Waals surface area contributed by atoms with Crippen LogP contribution < -0.4 is 14.4 Å². The Kier molecular flexibility index (Phi) is 4.92. The Balaban J connectivity index is 1.39. The molecule has 0 aliphatic carbocycles. The number of nitrogens with zero attached hydrogens (tertiary/aromatic N) is 3. The van der Waals surface area contributed by atoms with Crippen molar-refractivity contribution in [1.29, 1.82) is 0 Å². The molecule has 1 aromatic heterocycles. The number of carbonyl (C=O) groups is 2. The van der Waals surface area contributed by atoms with Gasteiger partial charge in [0.25, 0.3) is 5.91 Å². The van der Waals surface area contributed by atoms with Crippen LogP contribution in [-0.4, -0.2) is 42.3 Å². The molecule has 0 saturated carbocycles. The van der Waals surface area contributed by atoms with Crippen LogP contribution in [0.2, 0.25) is 0 Å². The smallest absolute Gasteiger partial charge is 0.266 e. The minimum Gasteiger partial charge on any atom is -0.486 e. The largest absolute Gasteiger partial charge is 0.486 e. The van der Waals surface area contributed by atoms with Gasteiger partial charge in [0.1, 0.15) is 12.4 Å². The first-order valence-corrected chi connectivity index (χ1v) is 9.99. The van der Waals surface area contributed by atoms with Gasteiger partial charge in [0.05, 0.1) is 12.5 Å². The topological polar surface area (TPSA) is 81.1 Å². The Labute approximate surface area is 179 Å². The van der Waals surface area contributed by atoms with Gasteiger partial charge >= 0.3 is 0 Å². The fourth-order valence-corrected chi connectivity index (χ4v) is 3.74. The number of aliphatic imine (C=N–C) groups is 1. The number of hydrogen-bond donors (Lipinski definition) is 0. The highest BCUT2D eigenvalue weighted by Crippen LogP contribution is 2.32. The molecule has 0 spiro atoms. The first-order valence-electron chi connectivity index (χ1n) is 9.99. The van der Waals surface area contributed by atoms with E-state index in [1.165, 1.54) is 0 Å². The van der Waals surface area contributed by atoms with Crippen molar-refractivity contribution in [2.45, 2.75) is 12.0 Å². The Morgan fingerprint density at radius 1 is 1.00 bits per heavy atom. The molecule has 0 saturated heterocycles. The second kappa shape index (κ2) is 8.02. The zero-order valence-corrected chi connectivity index (χ0v) is 16.5. The average Bonchev–Trinajstić information content (AvgIpc) is 2.82. The van der Waals surface area contributed by atoms with Gasteiger partial charge in [-0.2, -0.15) is 0 Å². The third-order valence-corrected chi connectivity index (χ3v) is 5.23. The Bertz CT molecular complexity index is 1160. The molecule has 2 aliphatic heterocycles. The highest BCUT2D eigenvalue weighted by atomic mass is 16.6. The molecule has 0 radical (unpaired) electrons. The van der Waals surface area contributed by atoms with Gasteiger partial charge in [0, 0.05) is 18.0 Å². The molecule has 31 heavy (non-hydrogen) atoms. The summed E-state index contributed by atoms with van der Waals surface area (Å²) in [5.41, 5.74) is 1.11. The first kappa shape index (κ1) is 19.0. The summed E-state index contributed by atoms with van der Waals surface area (Å²) in [4.78, 5) is 36.1. The average molecular weight is 413 g/mol. The van der Waals surface area contributed by atoms with Crippen LogP contribution in [0.15, 0.2) is 77.9 Å². The highest BCUT2D eigenvalue weighted by molar-refractivity contribution is 6.28. The molecule has 2 aromatic carbocycles. The van der Waals surface area contributed by atoms with E-state index in [4.69, 9.17) is 9.47 Å². The lowest BCUT2D eigenvalue weighted by Gasteiger charge is -2.30. The molecular formula is C24H19N3O4. The first-order chi connectivity index (χ1) is 15.2. The molecular weight excluding hydrogens is 394 g/mol. The third-order valence-electron chi connectivity index (χ3n) is 5.23. The summed E-state index contributed by atoms with van der Waals surface area (Å²) in [7, 11) is 0. The molecule has 3 heterocycles. The van der Waals surface area contributed by atoms with Crippen LogP contribution in [0.3, 0.4) is 0 Å². The summed E-state index contributed by atoms with van der Waals surface area (Å²) in [5, 5.41) is 0. The molecule has 7 nitrogen and oxygen atoms in total. The van der Waals surface area contributed by atoms with E-state index in [0.29, 0.717) is 41.6 Å². The van der Waals surface area contributed by atoms with E-state index in [1.807, 2.05) is 30.3 Å². The normalized spacial score (nSPS) is 20.1. The summed E-state index contributed by atoms with van der Waals surface area (Å²) in [6.07, 6.45) is 2.89. The zero-order valence-electron chi connectivity index (χ0n) is 16.5. The van der Waals surface area contributed by atoms with E-state index in [-0.39, 0.29) is 17.9 Å². The van der Waals surface area contributed by atoms with Crippen molar-refractivity contribution in [3.63, 3.8) is 0 Å². The molecule has 154 valence electrons. The Hall–Kier alpha value is -4.00. The van der Waals surface area contributed by atoms with Crippen molar-refractivity contribution < 1.29 is 19.1 Å². The van der Waals surface area contributed by atoms with Crippen LogP contribution in [0, 0.1) is 0 Å². The number of pyridine rings is 1. The molecule has 2 aliphatic rings. The summed E-state index contributed by atoms with van der Waals surface area (Å²) >= 11 is 0. The maximum absolute atomic E-state index is 13.3. The van der Waals surface area contributed by atoms with Gasteiger partial charge in [0.15, 0.2) is 17.6 Å².